The van der Waals surface area contributed by atoms with Gasteiger partial charge in [0.15, 0.2) is 0 Å². The molecule has 3 aromatic carbocycles. The van der Waals surface area contributed by atoms with E-state index in [0.717, 1.165) is 36.0 Å². The van der Waals surface area contributed by atoms with Crippen molar-refractivity contribution >= 4 is 11.7 Å². The lowest BCUT2D eigenvalue weighted by atomic mass is 9.87. The van der Waals surface area contributed by atoms with Gasteiger partial charge in [0.1, 0.15) is 17.7 Å². The number of esters is 1. The molecule has 7 nitrogen and oxygen atoms in total. The van der Waals surface area contributed by atoms with Crippen LogP contribution in [0, 0.1) is 27.7 Å². The van der Waals surface area contributed by atoms with Crippen LogP contribution in [0.25, 0.3) is 0 Å². The minimum Gasteiger partial charge on any atom is -0.465 e. The molecule has 2 aliphatic heterocycles. The first-order chi connectivity index (χ1) is 19.8. The van der Waals surface area contributed by atoms with E-state index in [2.05, 4.69) is 11.9 Å². The van der Waals surface area contributed by atoms with Gasteiger partial charge >= 0.3 is 5.97 Å². The SMILES string of the molecule is CN1[C@@H]2CC[C@H]1[C@H](COC(=O)CCCc1ccc([N+](=O)[O-])cc1)[C@@H](OC(c1ccc(F)cc1)c1ccc(F)cc1)C2. The number of benzene rings is 3. The molecule has 0 spiro atoms. The molecule has 0 unspecified atom stereocenters. The summed E-state index contributed by atoms with van der Waals surface area (Å²) in [5.74, 6) is -1.03. The summed E-state index contributed by atoms with van der Waals surface area (Å²) in [6, 6.07) is 19.2. The maximum Gasteiger partial charge on any atom is 0.305 e. The quantitative estimate of drug-likeness (QED) is 0.152. The van der Waals surface area contributed by atoms with Gasteiger partial charge in [0.2, 0.25) is 0 Å². The van der Waals surface area contributed by atoms with Crippen molar-refractivity contribution in [1.82, 2.24) is 4.90 Å². The van der Waals surface area contributed by atoms with Gasteiger partial charge in [-0.1, -0.05) is 36.4 Å². The number of nitrogens with zero attached hydrogens (tertiary/aromatic N) is 2. The van der Waals surface area contributed by atoms with Crippen molar-refractivity contribution in [3.63, 3.8) is 0 Å². The van der Waals surface area contributed by atoms with Crippen molar-refractivity contribution in [2.24, 2.45) is 5.92 Å². The summed E-state index contributed by atoms with van der Waals surface area (Å²) in [6.45, 7) is 0.225. The molecule has 2 heterocycles. The summed E-state index contributed by atoms with van der Waals surface area (Å²) in [6.07, 6.45) is 3.50. The second kappa shape index (κ2) is 12.9. The van der Waals surface area contributed by atoms with E-state index in [-0.39, 0.29) is 54.4 Å². The summed E-state index contributed by atoms with van der Waals surface area (Å²) in [5.41, 5.74) is 2.51. The molecule has 0 amide bonds. The zero-order chi connectivity index (χ0) is 28.9. The number of hydrogen-bond donors (Lipinski definition) is 0. The fourth-order valence-electron chi connectivity index (χ4n) is 6.19. The van der Waals surface area contributed by atoms with Crippen LogP contribution in [0.4, 0.5) is 14.5 Å². The molecular weight excluding hydrogens is 530 g/mol. The molecule has 216 valence electrons. The van der Waals surface area contributed by atoms with Crippen molar-refractivity contribution in [3.8, 4) is 0 Å². The van der Waals surface area contributed by atoms with Crippen molar-refractivity contribution in [2.45, 2.75) is 62.8 Å². The lowest BCUT2D eigenvalue weighted by Gasteiger charge is -2.43. The fraction of sp³-hybridized carbons (Fsp3) is 0.406. The molecule has 2 aliphatic rings. The molecule has 9 heteroatoms. The van der Waals surface area contributed by atoms with E-state index in [1.807, 2.05) is 0 Å². The first kappa shape index (κ1) is 28.8. The number of non-ortho nitro benzene ring substituents is 1. The van der Waals surface area contributed by atoms with Gasteiger partial charge < -0.3 is 9.47 Å². The highest BCUT2D eigenvalue weighted by Gasteiger charge is 2.47. The monoisotopic (exact) mass is 564 g/mol. The first-order valence-corrected chi connectivity index (χ1v) is 14.1. The van der Waals surface area contributed by atoms with Crippen LogP contribution in [0.1, 0.15) is 54.9 Å². The van der Waals surface area contributed by atoms with Crippen molar-refractivity contribution in [2.75, 3.05) is 13.7 Å². The van der Waals surface area contributed by atoms with Crippen molar-refractivity contribution in [3.05, 3.63) is 111 Å². The van der Waals surface area contributed by atoms with Gasteiger partial charge in [-0.25, -0.2) is 8.78 Å². The van der Waals surface area contributed by atoms with Crippen LogP contribution in [0.15, 0.2) is 72.8 Å². The number of piperidine rings is 1. The molecular formula is C32H34F2N2O5. The molecule has 41 heavy (non-hydrogen) atoms. The van der Waals surface area contributed by atoms with Crippen LogP contribution in [-0.4, -0.2) is 47.6 Å². The zero-order valence-electron chi connectivity index (χ0n) is 23.0. The van der Waals surface area contributed by atoms with Gasteiger partial charge in [0.25, 0.3) is 5.69 Å². The third kappa shape index (κ3) is 6.97. The van der Waals surface area contributed by atoms with E-state index in [1.54, 1.807) is 36.4 Å². The Morgan fingerprint density at radius 3 is 2.17 bits per heavy atom. The van der Waals surface area contributed by atoms with Gasteiger partial charge in [-0.15, -0.1) is 0 Å². The Morgan fingerprint density at radius 2 is 1.59 bits per heavy atom. The Morgan fingerprint density at radius 1 is 0.976 bits per heavy atom. The smallest absolute Gasteiger partial charge is 0.305 e. The molecule has 0 aromatic heterocycles. The molecule has 0 radical (unpaired) electrons. The van der Waals surface area contributed by atoms with Crippen LogP contribution < -0.4 is 0 Å². The highest BCUT2D eigenvalue weighted by atomic mass is 19.1. The van der Waals surface area contributed by atoms with Crippen LogP contribution in [-0.2, 0) is 20.7 Å². The van der Waals surface area contributed by atoms with Crippen molar-refractivity contribution in [1.29, 1.82) is 0 Å². The van der Waals surface area contributed by atoms with E-state index < -0.39 is 11.0 Å². The summed E-state index contributed by atoms with van der Waals surface area (Å²) >= 11 is 0. The summed E-state index contributed by atoms with van der Waals surface area (Å²) in [5, 5.41) is 10.8. The standard InChI is InChI=1S/C32H34F2N2O5/c1-35-27-17-18-29(35)28(20-40-31(37)4-2-3-21-5-15-26(16-6-21)36(38)39)30(19-27)41-32(22-7-11-24(33)12-8-22)23-9-13-25(34)14-10-23/h5-16,27-30,32H,2-4,17-20H2,1H3/t27-,28+,29+,30+/m1/s1. The van der Waals surface area contributed by atoms with Crippen LogP contribution in [0.2, 0.25) is 0 Å². The molecule has 4 atom stereocenters. The Labute approximate surface area is 238 Å². The number of halogens is 2. The summed E-state index contributed by atoms with van der Waals surface area (Å²) < 4.78 is 40.0. The maximum absolute atomic E-state index is 13.7. The summed E-state index contributed by atoms with van der Waals surface area (Å²) in [4.78, 5) is 25.5. The van der Waals surface area contributed by atoms with E-state index in [1.165, 1.54) is 36.4 Å². The average Bonchev–Trinajstić information content (AvgIpc) is 3.21. The topological polar surface area (TPSA) is 81.9 Å². The zero-order valence-corrected chi connectivity index (χ0v) is 23.0. The third-order valence-corrected chi connectivity index (χ3v) is 8.46. The highest BCUT2D eigenvalue weighted by Crippen LogP contribution is 2.42. The second-order valence-electron chi connectivity index (χ2n) is 11.0. The van der Waals surface area contributed by atoms with E-state index in [4.69, 9.17) is 9.47 Å². The number of hydrogen-bond acceptors (Lipinski definition) is 6. The number of nitro benzene ring substituents is 1. The number of fused-ring (bicyclic) bond motifs is 2. The number of ether oxygens (including phenoxy) is 2. The average molecular weight is 565 g/mol. The van der Waals surface area contributed by atoms with Gasteiger partial charge in [-0.05, 0) is 80.1 Å². The van der Waals surface area contributed by atoms with E-state index in [9.17, 15) is 23.7 Å². The molecule has 5 rings (SSSR count). The van der Waals surface area contributed by atoms with Crippen LogP contribution >= 0.6 is 0 Å². The van der Waals surface area contributed by atoms with Gasteiger partial charge in [-0.2, -0.15) is 0 Å². The number of nitro groups is 1. The number of carbonyl (C=O) groups is 1. The number of aryl methyl sites for hydroxylation is 1. The number of carbonyl (C=O) groups excluding carboxylic acids is 1. The Hall–Kier alpha value is -3.69. The number of rotatable bonds is 11. The Bertz CT molecular complexity index is 1290. The van der Waals surface area contributed by atoms with Crippen LogP contribution in [0.5, 0.6) is 0 Å². The fourth-order valence-corrected chi connectivity index (χ4v) is 6.19. The minimum absolute atomic E-state index is 0.0395. The largest absolute Gasteiger partial charge is 0.465 e. The van der Waals surface area contributed by atoms with E-state index in [0.29, 0.717) is 18.9 Å². The molecule has 0 N–H and O–H groups in total. The van der Waals surface area contributed by atoms with E-state index >= 15 is 0 Å². The maximum atomic E-state index is 13.7. The van der Waals surface area contributed by atoms with Gasteiger partial charge in [0.05, 0.1) is 17.6 Å². The van der Waals surface area contributed by atoms with Crippen molar-refractivity contribution < 1.29 is 28.0 Å². The van der Waals surface area contributed by atoms with Crippen LogP contribution in [0.3, 0.4) is 0 Å². The highest BCUT2D eigenvalue weighted by molar-refractivity contribution is 5.69. The summed E-state index contributed by atoms with van der Waals surface area (Å²) in [7, 11) is 2.11. The molecule has 2 bridgehead atoms. The lowest BCUT2D eigenvalue weighted by molar-refractivity contribution is -0.384. The Kier molecular flexibility index (Phi) is 9.05. The van der Waals surface area contributed by atoms with Gasteiger partial charge in [-0.3, -0.25) is 19.8 Å². The first-order valence-electron chi connectivity index (χ1n) is 14.1. The predicted molar refractivity (Wildman–Crippen MR) is 149 cm³/mol. The predicted octanol–water partition coefficient (Wildman–Crippen LogP) is 6.40. The minimum atomic E-state index is -0.524. The lowest BCUT2D eigenvalue weighted by Crippen LogP contribution is -2.52. The molecule has 0 saturated carbocycles. The Balaban J connectivity index is 1.24. The normalized spacial score (nSPS) is 22.1. The second-order valence-corrected chi connectivity index (χ2v) is 11.0. The molecule has 2 saturated heterocycles. The third-order valence-electron chi connectivity index (χ3n) is 8.46. The molecule has 2 fully saturated rings. The molecule has 3 aromatic rings. The van der Waals surface area contributed by atoms with Gasteiger partial charge in [0, 0.05) is 36.6 Å². The molecule has 0 aliphatic carbocycles.